The van der Waals surface area contributed by atoms with E-state index in [1.54, 1.807) is 0 Å². The number of likely N-dealkylation sites (N-methyl/N-ethyl adjacent to an activating group) is 1. The maximum absolute atomic E-state index is 12.6. The number of nitrogens with one attached hydrogen (secondary N) is 1. The Morgan fingerprint density at radius 1 is 1.12 bits per heavy atom. The minimum atomic E-state index is 0. The average molecular weight is 388 g/mol. The van der Waals surface area contributed by atoms with Gasteiger partial charge >= 0.3 is 0 Å². The molecule has 0 aliphatic carbocycles. The number of carbonyl (C=O) groups excluding carboxylic acids is 1. The van der Waals surface area contributed by atoms with Gasteiger partial charge < -0.3 is 10.2 Å². The van der Waals surface area contributed by atoms with Gasteiger partial charge in [0.25, 0.3) is 0 Å². The van der Waals surface area contributed by atoms with E-state index in [0.29, 0.717) is 11.9 Å². The third kappa shape index (κ3) is 6.14. The van der Waals surface area contributed by atoms with Gasteiger partial charge in [-0.05, 0) is 37.8 Å². The highest BCUT2D eigenvalue weighted by atomic mass is 35.5. The Hall–Kier alpha value is -0.810. The van der Waals surface area contributed by atoms with E-state index < -0.39 is 0 Å². The number of likely N-dealkylation sites (tertiary alicyclic amines) is 1. The highest BCUT2D eigenvalue weighted by Gasteiger charge is 2.30. The molecule has 4 nitrogen and oxygen atoms in total. The fourth-order valence-electron chi connectivity index (χ4n) is 3.79. The van der Waals surface area contributed by atoms with E-state index in [0.717, 1.165) is 45.4 Å². The van der Waals surface area contributed by atoms with Crippen molar-refractivity contribution in [3.63, 3.8) is 0 Å². The number of hydrogen-bond acceptors (Lipinski definition) is 3. The molecule has 1 amide bonds. The first-order chi connectivity index (χ1) is 11.2. The maximum atomic E-state index is 12.6. The molecular weight excluding hydrogens is 357 g/mol. The number of piperidine rings is 2. The standard InChI is InChI=1S/C19H29N3O.2ClH/c1-21(19(23)18-9-5-6-12-20-18)17-10-13-22(14-11-17)15-16-7-3-2-4-8-16;;/h2-4,7-8,17-18,20H,5-6,9-15H2,1H3;2*1H/t18-;;/m1../s1. The van der Waals surface area contributed by atoms with E-state index in [-0.39, 0.29) is 30.9 Å². The van der Waals surface area contributed by atoms with E-state index in [9.17, 15) is 4.79 Å². The molecule has 2 heterocycles. The van der Waals surface area contributed by atoms with Gasteiger partial charge in [0.1, 0.15) is 0 Å². The third-order valence-corrected chi connectivity index (χ3v) is 5.31. The Kier molecular flexibility index (Phi) is 9.80. The summed E-state index contributed by atoms with van der Waals surface area (Å²) in [6.07, 6.45) is 5.54. The molecule has 0 aromatic heterocycles. The molecule has 0 saturated carbocycles. The van der Waals surface area contributed by atoms with Crippen molar-refractivity contribution in [1.82, 2.24) is 15.1 Å². The van der Waals surface area contributed by atoms with Crippen molar-refractivity contribution in [2.75, 3.05) is 26.7 Å². The van der Waals surface area contributed by atoms with Gasteiger partial charge in [-0.25, -0.2) is 0 Å². The lowest BCUT2D eigenvalue weighted by molar-refractivity contribution is -0.135. The summed E-state index contributed by atoms with van der Waals surface area (Å²) in [5.41, 5.74) is 1.38. The largest absolute Gasteiger partial charge is 0.341 e. The Balaban J connectivity index is 0.00000156. The second kappa shape index (κ2) is 11.0. The van der Waals surface area contributed by atoms with Crippen LogP contribution in [-0.2, 0) is 11.3 Å². The van der Waals surface area contributed by atoms with Crippen LogP contribution in [0.15, 0.2) is 30.3 Å². The zero-order valence-electron chi connectivity index (χ0n) is 15.0. The predicted molar refractivity (Wildman–Crippen MR) is 108 cm³/mol. The van der Waals surface area contributed by atoms with Crippen LogP contribution in [0.1, 0.15) is 37.7 Å². The molecule has 1 N–H and O–H groups in total. The van der Waals surface area contributed by atoms with E-state index in [2.05, 4.69) is 40.5 Å². The average Bonchev–Trinajstić information content (AvgIpc) is 2.63. The van der Waals surface area contributed by atoms with Crippen LogP contribution >= 0.6 is 24.8 Å². The number of amides is 1. The Bertz CT molecular complexity index is 501. The topological polar surface area (TPSA) is 35.6 Å². The molecule has 0 bridgehead atoms. The van der Waals surface area contributed by atoms with Crippen molar-refractivity contribution >= 4 is 30.7 Å². The highest BCUT2D eigenvalue weighted by molar-refractivity contribution is 5.85. The quantitative estimate of drug-likeness (QED) is 0.861. The zero-order chi connectivity index (χ0) is 16.1. The van der Waals surface area contributed by atoms with Crippen LogP contribution in [0.4, 0.5) is 0 Å². The number of hydrogen-bond donors (Lipinski definition) is 1. The molecule has 2 aliphatic rings. The van der Waals surface area contributed by atoms with Crippen LogP contribution in [0.3, 0.4) is 0 Å². The van der Waals surface area contributed by atoms with Crippen LogP contribution in [0.5, 0.6) is 0 Å². The van der Waals surface area contributed by atoms with Crippen LogP contribution < -0.4 is 5.32 Å². The number of rotatable bonds is 4. The maximum Gasteiger partial charge on any atom is 0.239 e. The van der Waals surface area contributed by atoms with Crippen LogP contribution in [0, 0.1) is 0 Å². The van der Waals surface area contributed by atoms with Crippen molar-refractivity contribution in [2.45, 2.75) is 50.7 Å². The molecule has 2 aliphatic heterocycles. The normalized spacial score (nSPS) is 21.7. The molecule has 25 heavy (non-hydrogen) atoms. The first-order valence-corrected chi connectivity index (χ1v) is 9.00. The predicted octanol–water partition coefficient (Wildman–Crippen LogP) is 3.10. The number of nitrogens with zero attached hydrogens (tertiary/aromatic N) is 2. The van der Waals surface area contributed by atoms with Gasteiger partial charge in [-0.3, -0.25) is 9.69 Å². The molecule has 1 atom stereocenters. The van der Waals surface area contributed by atoms with Crippen LogP contribution in [-0.4, -0.2) is 54.5 Å². The van der Waals surface area contributed by atoms with Gasteiger partial charge in [0.2, 0.25) is 5.91 Å². The Morgan fingerprint density at radius 2 is 1.80 bits per heavy atom. The summed E-state index contributed by atoms with van der Waals surface area (Å²) in [6.45, 7) is 4.17. The monoisotopic (exact) mass is 387 g/mol. The van der Waals surface area contributed by atoms with Gasteiger partial charge in [-0.2, -0.15) is 0 Å². The molecule has 0 spiro atoms. The molecule has 0 radical (unpaired) electrons. The number of benzene rings is 1. The molecule has 1 aromatic carbocycles. The molecule has 2 saturated heterocycles. The fourth-order valence-corrected chi connectivity index (χ4v) is 3.79. The van der Waals surface area contributed by atoms with Crippen molar-refractivity contribution < 1.29 is 4.79 Å². The molecule has 6 heteroatoms. The lowest BCUT2D eigenvalue weighted by atomic mass is 9.99. The van der Waals surface area contributed by atoms with E-state index in [1.807, 2.05) is 11.9 Å². The van der Waals surface area contributed by atoms with Gasteiger partial charge in [0, 0.05) is 32.7 Å². The SMILES string of the molecule is CN(C(=O)[C@H]1CCCCN1)C1CCN(Cc2ccccc2)CC1.Cl.Cl. The summed E-state index contributed by atoms with van der Waals surface area (Å²) in [6, 6.07) is 11.1. The third-order valence-electron chi connectivity index (χ3n) is 5.31. The van der Waals surface area contributed by atoms with Gasteiger partial charge in [-0.1, -0.05) is 36.8 Å². The molecule has 142 valence electrons. The number of halogens is 2. The molecule has 3 rings (SSSR count). The molecule has 0 unspecified atom stereocenters. The molecule has 1 aromatic rings. The highest BCUT2D eigenvalue weighted by Crippen LogP contribution is 2.19. The first kappa shape index (κ1) is 22.2. The summed E-state index contributed by atoms with van der Waals surface area (Å²) >= 11 is 0. The van der Waals surface area contributed by atoms with Gasteiger partial charge in [-0.15, -0.1) is 24.8 Å². The van der Waals surface area contributed by atoms with Gasteiger partial charge in [0.15, 0.2) is 0 Å². The van der Waals surface area contributed by atoms with Crippen LogP contribution in [0.25, 0.3) is 0 Å². The molecular formula is C19H31Cl2N3O. The second-order valence-corrected chi connectivity index (χ2v) is 6.94. The summed E-state index contributed by atoms with van der Waals surface area (Å²) in [4.78, 5) is 17.1. The summed E-state index contributed by atoms with van der Waals surface area (Å²) in [7, 11) is 2.00. The van der Waals surface area contributed by atoms with Crippen molar-refractivity contribution in [3.8, 4) is 0 Å². The smallest absolute Gasteiger partial charge is 0.239 e. The summed E-state index contributed by atoms with van der Waals surface area (Å²) < 4.78 is 0. The minimum Gasteiger partial charge on any atom is -0.341 e. The second-order valence-electron chi connectivity index (χ2n) is 6.94. The van der Waals surface area contributed by atoms with E-state index >= 15 is 0 Å². The van der Waals surface area contributed by atoms with E-state index in [1.165, 1.54) is 18.4 Å². The fraction of sp³-hybridized carbons (Fsp3) is 0.632. The Morgan fingerprint density at radius 3 is 2.40 bits per heavy atom. The summed E-state index contributed by atoms with van der Waals surface area (Å²) in [5, 5.41) is 3.38. The Labute approximate surface area is 164 Å². The molecule has 2 fully saturated rings. The summed E-state index contributed by atoms with van der Waals surface area (Å²) in [5.74, 6) is 0.297. The van der Waals surface area contributed by atoms with Crippen LogP contribution in [0.2, 0.25) is 0 Å². The number of carbonyl (C=O) groups is 1. The van der Waals surface area contributed by atoms with Crippen molar-refractivity contribution in [1.29, 1.82) is 0 Å². The lowest BCUT2D eigenvalue weighted by Gasteiger charge is -2.38. The zero-order valence-corrected chi connectivity index (χ0v) is 16.7. The minimum absolute atomic E-state index is 0. The van der Waals surface area contributed by atoms with Crippen molar-refractivity contribution in [2.24, 2.45) is 0 Å². The van der Waals surface area contributed by atoms with E-state index in [4.69, 9.17) is 0 Å². The lowest BCUT2D eigenvalue weighted by Crippen LogP contribution is -2.52. The van der Waals surface area contributed by atoms with Crippen molar-refractivity contribution in [3.05, 3.63) is 35.9 Å². The first-order valence-electron chi connectivity index (χ1n) is 9.00. The van der Waals surface area contributed by atoms with Gasteiger partial charge in [0.05, 0.1) is 6.04 Å².